The van der Waals surface area contributed by atoms with Gasteiger partial charge in [0.1, 0.15) is 5.82 Å². The number of methoxy groups -OCH3 is 1. The molecule has 0 aliphatic carbocycles. The molecule has 0 atom stereocenters. The highest BCUT2D eigenvalue weighted by Crippen LogP contribution is 2.17. The molecule has 1 heterocycles. The van der Waals surface area contributed by atoms with Crippen molar-refractivity contribution in [2.75, 3.05) is 7.11 Å². The van der Waals surface area contributed by atoms with Crippen LogP contribution < -0.4 is 0 Å². The molecule has 120 valence electrons. The Hall–Kier alpha value is -2.43. The van der Waals surface area contributed by atoms with Crippen LogP contribution in [0.4, 0.5) is 4.39 Å². The number of benzene rings is 1. The lowest BCUT2D eigenvalue weighted by atomic mass is 10.1. The van der Waals surface area contributed by atoms with Crippen LogP contribution in [-0.2, 0) is 9.53 Å². The number of halogens is 1. The Balaban J connectivity index is 0.00000102. The minimum atomic E-state index is -0.450. The van der Waals surface area contributed by atoms with Gasteiger partial charge in [-0.25, -0.2) is 13.9 Å². The Morgan fingerprint density at radius 1 is 1.14 bits per heavy atom. The summed E-state index contributed by atoms with van der Waals surface area (Å²) in [7, 11) is 1.31. The molecule has 0 N–H and O–H groups in total. The first-order chi connectivity index (χ1) is 10.7. The zero-order valence-corrected chi connectivity index (χ0v) is 13.7. The lowest BCUT2D eigenvalue weighted by Gasteiger charge is -1.95. The Morgan fingerprint density at radius 3 is 2.27 bits per heavy atom. The normalized spacial score (nSPS) is 9.36. The number of aromatic nitrogens is 2. The zero-order chi connectivity index (χ0) is 17.0. The van der Waals surface area contributed by atoms with Crippen LogP contribution >= 0.6 is 0 Å². The maximum Gasteiger partial charge on any atom is 0.332 e. The summed E-state index contributed by atoms with van der Waals surface area (Å²) in [5.41, 5.74) is 1.51. The van der Waals surface area contributed by atoms with Crippen molar-refractivity contribution in [2.24, 2.45) is 0 Å². The third-order valence-corrected chi connectivity index (χ3v) is 2.31. The monoisotopic (exact) mass is 306 g/mol. The molecule has 2 aromatic rings. The van der Waals surface area contributed by atoms with E-state index in [1.54, 1.807) is 24.4 Å². The summed E-state index contributed by atoms with van der Waals surface area (Å²) in [5, 5.41) is 4.22. The minimum Gasteiger partial charge on any atom is -0.466 e. The predicted octanol–water partition coefficient (Wildman–Crippen LogP) is 4.39. The van der Waals surface area contributed by atoms with Crippen LogP contribution in [0.15, 0.2) is 42.6 Å². The van der Waals surface area contributed by atoms with Gasteiger partial charge in [0, 0.05) is 24.0 Å². The number of esters is 1. The van der Waals surface area contributed by atoms with E-state index < -0.39 is 5.97 Å². The number of ether oxygens (including phenoxy) is 1. The highest BCUT2D eigenvalue weighted by Gasteiger charge is 2.01. The molecule has 5 heteroatoms. The van der Waals surface area contributed by atoms with Crippen molar-refractivity contribution in [3.63, 3.8) is 0 Å². The van der Waals surface area contributed by atoms with Gasteiger partial charge in [0.15, 0.2) is 0 Å². The van der Waals surface area contributed by atoms with Crippen LogP contribution in [0.25, 0.3) is 17.5 Å². The molecular weight excluding hydrogens is 283 g/mol. The summed E-state index contributed by atoms with van der Waals surface area (Å²) in [6.45, 7) is 8.00. The zero-order valence-electron chi connectivity index (χ0n) is 13.7. The summed E-state index contributed by atoms with van der Waals surface area (Å²) in [4.78, 5) is 10.9. The fraction of sp³-hybridized carbons (Fsp3) is 0.294. The van der Waals surface area contributed by atoms with Gasteiger partial charge in [-0.05, 0) is 30.3 Å². The molecule has 0 saturated carbocycles. The van der Waals surface area contributed by atoms with Gasteiger partial charge in [0.2, 0.25) is 0 Å². The van der Waals surface area contributed by atoms with E-state index in [1.807, 2.05) is 27.7 Å². The first kappa shape index (κ1) is 19.6. The molecule has 0 radical (unpaired) electrons. The molecule has 1 aromatic heterocycles. The average molecular weight is 306 g/mol. The van der Waals surface area contributed by atoms with Crippen LogP contribution in [0.2, 0.25) is 0 Å². The van der Waals surface area contributed by atoms with E-state index in [1.165, 1.54) is 36.2 Å². The number of hydrogen-bond acceptors (Lipinski definition) is 3. The molecule has 0 fully saturated rings. The Morgan fingerprint density at radius 2 is 1.73 bits per heavy atom. The Bertz CT molecular complexity index is 575. The van der Waals surface area contributed by atoms with Gasteiger partial charge in [-0.3, -0.25) is 0 Å². The van der Waals surface area contributed by atoms with Gasteiger partial charge >= 0.3 is 5.97 Å². The SMILES string of the molecule is CC.CC.COC(=O)/C=C/n1ccc(-c2ccc(F)cc2)n1. The lowest BCUT2D eigenvalue weighted by Crippen LogP contribution is -1.96. The minimum absolute atomic E-state index is 0.288. The summed E-state index contributed by atoms with van der Waals surface area (Å²) in [6, 6.07) is 7.81. The third kappa shape index (κ3) is 6.35. The third-order valence-electron chi connectivity index (χ3n) is 2.31. The highest BCUT2D eigenvalue weighted by molar-refractivity contribution is 5.84. The van der Waals surface area contributed by atoms with E-state index in [-0.39, 0.29) is 5.82 Å². The maximum absolute atomic E-state index is 12.8. The quantitative estimate of drug-likeness (QED) is 0.624. The second-order valence-corrected chi connectivity index (χ2v) is 3.53. The lowest BCUT2D eigenvalue weighted by molar-refractivity contribution is -0.134. The number of rotatable bonds is 3. The van der Waals surface area contributed by atoms with Crippen molar-refractivity contribution >= 4 is 12.2 Å². The standard InChI is InChI=1S/C13H11FN2O2.2C2H6/c1-18-13(17)7-9-16-8-6-12(15-16)10-2-4-11(14)5-3-10;2*1-2/h2-9H,1H3;2*1-2H3/b9-7+;;. The van der Waals surface area contributed by atoms with Crippen molar-refractivity contribution in [3.8, 4) is 11.3 Å². The molecule has 22 heavy (non-hydrogen) atoms. The van der Waals surface area contributed by atoms with E-state index in [4.69, 9.17) is 0 Å². The Kier molecular flexibility index (Phi) is 10.0. The molecule has 0 bridgehead atoms. The van der Waals surface area contributed by atoms with E-state index in [9.17, 15) is 9.18 Å². The molecule has 0 aliphatic heterocycles. The fourth-order valence-electron chi connectivity index (χ4n) is 1.40. The van der Waals surface area contributed by atoms with Crippen molar-refractivity contribution in [1.82, 2.24) is 9.78 Å². The maximum atomic E-state index is 12.8. The second kappa shape index (κ2) is 11.3. The molecule has 0 amide bonds. The molecule has 4 nitrogen and oxygen atoms in total. The molecule has 1 aromatic carbocycles. The topological polar surface area (TPSA) is 44.1 Å². The molecule has 0 unspecified atom stereocenters. The van der Waals surface area contributed by atoms with E-state index in [0.29, 0.717) is 5.69 Å². The van der Waals surface area contributed by atoms with Crippen molar-refractivity contribution in [3.05, 3.63) is 48.4 Å². The number of carbonyl (C=O) groups is 1. The molecule has 2 rings (SSSR count). The fourth-order valence-corrected chi connectivity index (χ4v) is 1.40. The first-order valence-electron chi connectivity index (χ1n) is 7.26. The summed E-state index contributed by atoms with van der Waals surface area (Å²) < 4.78 is 18.7. The van der Waals surface area contributed by atoms with Crippen molar-refractivity contribution in [1.29, 1.82) is 0 Å². The number of hydrogen-bond donors (Lipinski definition) is 0. The summed E-state index contributed by atoms with van der Waals surface area (Å²) in [5.74, 6) is -0.738. The van der Waals surface area contributed by atoms with Crippen LogP contribution in [0.5, 0.6) is 0 Å². The van der Waals surface area contributed by atoms with Gasteiger partial charge in [-0.2, -0.15) is 5.10 Å². The smallest absolute Gasteiger partial charge is 0.332 e. The Labute approximate surface area is 131 Å². The van der Waals surface area contributed by atoms with Crippen LogP contribution in [-0.4, -0.2) is 22.9 Å². The summed E-state index contributed by atoms with van der Waals surface area (Å²) in [6.07, 6.45) is 4.44. The van der Waals surface area contributed by atoms with E-state index in [0.717, 1.165) is 5.56 Å². The summed E-state index contributed by atoms with van der Waals surface area (Å²) >= 11 is 0. The molecule has 0 aliphatic rings. The van der Waals surface area contributed by atoms with Gasteiger partial charge in [-0.15, -0.1) is 0 Å². The van der Waals surface area contributed by atoms with Gasteiger partial charge in [-0.1, -0.05) is 27.7 Å². The largest absolute Gasteiger partial charge is 0.466 e. The van der Waals surface area contributed by atoms with Gasteiger partial charge in [0.25, 0.3) is 0 Å². The second-order valence-electron chi connectivity index (χ2n) is 3.53. The number of nitrogens with zero attached hydrogens (tertiary/aromatic N) is 2. The highest BCUT2D eigenvalue weighted by atomic mass is 19.1. The van der Waals surface area contributed by atoms with Gasteiger partial charge < -0.3 is 4.74 Å². The molecule has 0 spiro atoms. The predicted molar refractivity (Wildman–Crippen MR) is 87.7 cm³/mol. The average Bonchev–Trinajstić information content (AvgIpc) is 3.06. The van der Waals surface area contributed by atoms with Gasteiger partial charge in [0.05, 0.1) is 12.8 Å². The van der Waals surface area contributed by atoms with Crippen LogP contribution in [0.3, 0.4) is 0 Å². The van der Waals surface area contributed by atoms with Crippen molar-refractivity contribution in [2.45, 2.75) is 27.7 Å². The molecule has 0 saturated heterocycles. The van der Waals surface area contributed by atoms with E-state index in [2.05, 4.69) is 9.84 Å². The number of carbonyl (C=O) groups excluding carboxylic acids is 1. The van der Waals surface area contributed by atoms with Crippen molar-refractivity contribution < 1.29 is 13.9 Å². The first-order valence-corrected chi connectivity index (χ1v) is 7.26. The van der Waals surface area contributed by atoms with Crippen LogP contribution in [0.1, 0.15) is 27.7 Å². The molecular formula is C17H23FN2O2. The van der Waals surface area contributed by atoms with E-state index >= 15 is 0 Å². The van der Waals surface area contributed by atoms with Crippen LogP contribution in [0, 0.1) is 5.82 Å².